The van der Waals surface area contributed by atoms with Crippen molar-refractivity contribution in [2.45, 2.75) is 18.0 Å². The third-order valence-electron chi connectivity index (χ3n) is 3.23. The number of pyridine rings is 2. The van der Waals surface area contributed by atoms with Gasteiger partial charge in [-0.15, -0.1) is 11.8 Å². The summed E-state index contributed by atoms with van der Waals surface area (Å²) in [7, 11) is 1.55. The van der Waals surface area contributed by atoms with Crippen molar-refractivity contribution < 1.29 is 17.6 Å². The smallest absolute Gasteiger partial charge is 0.371 e. The van der Waals surface area contributed by atoms with Crippen LogP contribution in [0.1, 0.15) is 18.1 Å². The number of aliphatic imine (C=N–C) groups is 1. The molecule has 0 spiro atoms. The summed E-state index contributed by atoms with van der Waals surface area (Å²) in [6.45, 7) is 1.19. The predicted octanol–water partition coefficient (Wildman–Crippen LogP) is 4.74. The van der Waals surface area contributed by atoms with Crippen molar-refractivity contribution in [3.05, 3.63) is 41.9 Å². The molecule has 0 radical (unpaired) electrons. The number of halogens is 4. The van der Waals surface area contributed by atoms with Crippen LogP contribution in [0.25, 0.3) is 0 Å². The van der Waals surface area contributed by atoms with Crippen molar-refractivity contribution in [1.29, 1.82) is 0 Å². The summed E-state index contributed by atoms with van der Waals surface area (Å²) >= 11 is 1.27. The van der Waals surface area contributed by atoms with Gasteiger partial charge < -0.3 is 5.32 Å². The van der Waals surface area contributed by atoms with Crippen molar-refractivity contribution in [2.75, 3.05) is 24.8 Å². The fourth-order valence-corrected chi connectivity index (χ4v) is 2.87. The van der Waals surface area contributed by atoms with Gasteiger partial charge in [0.25, 0.3) is 0 Å². The molecule has 2 rings (SSSR count). The Morgan fingerprint density at radius 3 is 2.72 bits per heavy atom. The highest BCUT2D eigenvalue weighted by Crippen LogP contribution is 2.34. The lowest BCUT2D eigenvalue weighted by atomic mass is 10.2. The van der Waals surface area contributed by atoms with Gasteiger partial charge in [0.05, 0.1) is 12.2 Å². The van der Waals surface area contributed by atoms with Gasteiger partial charge in [-0.2, -0.15) is 13.2 Å². The van der Waals surface area contributed by atoms with Crippen molar-refractivity contribution in [1.82, 2.24) is 9.97 Å². The summed E-state index contributed by atoms with van der Waals surface area (Å²) < 4.78 is 51.2. The maximum Gasteiger partial charge on any atom is 0.417 e. The Balaban J connectivity index is 2.46. The average Bonchev–Trinajstić information content (AvgIpc) is 2.59. The van der Waals surface area contributed by atoms with Gasteiger partial charge in [-0.3, -0.25) is 9.37 Å². The largest absolute Gasteiger partial charge is 0.417 e. The minimum absolute atomic E-state index is 0.0769. The van der Waals surface area contributed by atoms with Crippen LogP contribution >= 0.6 is 11.8 Å². The van der Waals surface area contributed by atoms with E-state index >= 15 is 0 Å². The molecule has 0 amide bonds. The van der Waals surface area contributed by atoms with Gasteiger partial charge >= 0.3 is 6.18 Å². The first-order chi connectivity index (χ1) is 11.9. The van der Waals surface area contributed by atoms with Crippen molar-refractivity contribution in [3.63, 3.8) is 0 Å². The summed E-state index contributed by atoms with van der Waals surface area (Å²) in [6.07, 6.45) is -0.610. The molecule has 0 aromatic carbocycles. The minimum Gasteiger partial charge on any atom is -0.371 e. The van der Waals surface area contributed by atoms with Crippen LogP contribution in [0.2, 0.25) is 0 Å². The number of nitrogens with zero attached hydrogens (tertiary/aromatic N) is 3. The van der Waals surface area contributed by atoms with E-state index in [0.29, 0.717) is 16.2 Å². The van der Waals surface area contributed by atoms with Gasteiger partial charge in [-0.1, -0.05) is 0 Å². The van der Waals surface area contributed by atoms with Crippen LogP contribution in [0.15, 0.2) is 40.6 Å². The van der Waals surface area contributed by atoms with Crippen LogP contribution in [-0.2, 0) is 6.18 Å². The lowest BCUT2D eigenvalue weighted by Gasteiger charge is -2.11. The Labute approximate surface area is 146 Å². The molecule has 0 aliphatic rings. The zero-order chi connectivity index (χ0) is 18.4. The molecule has 1 N–H and O–H groups in total. The van der Waals surface area contributed by atoms with Crippen molar-refractivity contribution in [2.24, 2.45) is 4.99 Å². The van der Waals surface area contributed by atoms with E-state index in [9.17, 15) is 17.6 Å². The lowest BCUT2D eigenvalue weighted by molar-refractivity contribution is -0.137. The molecule has 2 heterocycles. The number of rotatable bonds is 6. The molecular formula is C16H16F4N4S. The zero-order valence-electron chi connectivity index (χ0n) is 13.6. The van der Waals surface area contributed by atoms with E-state index in [1.165, 1.54) is 11.8 Å². The molecule has 0 aliphatic heterocycles. The second kappa shape index (κ2) is 8.28. The van der Waals surface area contributed by atoms with Gasteiger partial charge in [0.15, 0.2) is 5.82 Å². The highest BCUT2D eigenvalue weighted by molar-refractivity contribution is 7.99. The Morgan fingerprint density at radius 2 is 2.08 bits per heavy atom. The third kappa shape index (κ3) is 4.91. The van der Waals surface area contributed by atoms with Gasteiger partial charge in [0.2, 0.25) is 0 Å². The van der Waals surface area contributed by atoms with Gasteiger partial charge in [-0.05, 0) is 19.1 Å². The first-order valence-electron chi connectivity index (χ1n) is 7.30. The van der Waals surface area contributed by atoms with Crippen LogP contribution in [0, 0.1) is 0 Å². The van der Waals surface area contributed by atoms with Crippen LogP contribution < -0.4 is 5.32 Å². The highest BCUT2D eigenvalue weighted by atomic mass is 32.2. The number of hydrogen-bond donors (Lipinski definition) is 1. The summed E-state index contributed by atoms with van der Waals surface area (Å²) in [5.41, 5.74) is 0.377. The molecule has 0 unspecified atom stereocenters. The fourth-order valence-electron chi connectivity index (χ4n) is 2.07. The predicted molar refractivity (Wildman–Crippen MR) is 91.6 cm³/mol. The number of aromatic nitrogens is 2. The first-order valence-corrected chi connectivity index (χ1v) is 8.28. The molecule has 0 bridgehead atoms. The van der Waals surface area contributed by atoms with Crippen LogP contribution in [0.5, 0.6) is 0 Å². The van der Waals surface area contributed by atoms with Crippen molar-refractivity contribution >= 4 is 29.0 Å². The first kappa shape index (κ1) is 19.2. The number of thioether (sulfide) groups is 1. The normalized spacial score (nSPS) is 12.3. The Bertz CT molecular complexity index is 762. The highest BCUT2D eigenvalue weighted by Gasteiger charge is 2.31. The van der Waals surface area contributed by atoms with Crippen LogP contribution in [-0.4, -0.2) is 35.2 Å². The van der Waals surface area contributed by atoms with Gasteiger partial charge in [0.1, 0.15) is 5.69 Å². The second-order valence-electron chi connectivity index (χ2n) is 4.95. The van der Waals surface area contributed by atoms with Gasteiger partial charge in [-0.25, -0.2) is 9.98 Å². The fraction of sp³-hybridized carbons (Fsp3) is 0.312. The SMILES string of the molecule is CNc1ncc(C(F)(F)F)cc1N=C(C)c1ccncc1SCCF. The van der Waals surface area contributed by atoms with E-state index in [1.54, 1.807) is 32.4 Å². The molecule has 2 aromatic heterocycles. The minimum atomic E-state index is -4.50. The maximum absolute atomic E-state index is 12.9. The molecule has 0 saturated carbocycles. The molecule has 4 nitrogen and oxygen atoms in total. The number of alkyl halides is 4. The van der Waals surface area contributed by atoms with E-state index in [4.69, 9.17) is 0 Å². The Morgan fingerprint density at radius 1 is 1.32 bits per heavy atom. The van der Waals surface area contributed by atoms with Crippen LogP contribution in [0.3, 0.4) is 0 Å². The molecule has 2 aromatic rings. The standard InChI is InChI=1S/C16H16F4N4S/c1-10(12-3-5-22-9-14(12)25-6-4-17)24-13-7-11(16(18,19)20)8-23-15(13)21-2/h3,5,7-9H,4,6H2,1-2H3,(H,21,23). The topological polar surface area (TPSA) is 50.2 Å². The molecular weight excluding hydrogens is 356 g/mol. The monoisotopic (exact) mass is 372 g/mol. The van der Waals surface area contributed by atoms with Crippen molar-refractivity contribution in [3.8, 4) is 0 Å². The number of hydrogen-bond acceptors (Lipinski definition) is 5. The van der Waals surface area contributed by atoms with Gasteiger partial charge in [0, 0.05) is 47.6 Å². The molecule has 134 valence electrons. The average molecular weight is 372 g/mol. The lowest BCUT2D eigenvalue weighted by Crippen LogP contribution is -2.07. The maximum atomic E-state index is 12.9. The Hall–Kier alpha value is -2.16. The molecule has 0 saturated heterocycles. The summed E-state index contributed by atoms with van der Waals surface area (Å²) in [6, 6.07) is 2.64. The van der Waals surface area contributed by atoms with E-state index < -0.39 is 18.4 Å². The summed E-state index contributed by atoms with van der Waals surface area (Å²) in [5, 5.41) is 2.73. The third-order valence-corrected chi connectivity index (χ3v) is 4.22. The zero-order valence-corrected chi connectivity index (χ0v) is 14.4. The molecule has 9 heteroatoms. The summed E-state index contributed by atoms with van der Waals surface area (Å²) in [5.74, 6) is 0.498. The van der Waals surface area contributed by atoms with Crippen LogP contribution in [0.4, 0.5) is 29.1 Å². The number of nitrogens with one attached hydrogen (secondary N) is 1. The number of anilines is 1. The van der Waals surface area contributed by atoms with E-state index in [1.807, 2.05) is 0 Å². The van der Waals surface area contributed by atoms with E-state index in [-0.39, 0.29) is 17.3 Å². The summed E-state index contributed by atoms with van der Waals surface area (Å²) in [4.78, 5) is 12.8. The van der Waals surface area contributed by atoms with E-state index in [2.05, 4.69) is 20.3 Å². The molecule has 0 fully saturated rings. The van der Waals surface area contributed by atoms with E-state index in [0.717, 1.165) is 12.3 Å². The quantitative estimate of drug-likeness (QED) is 0.452. The second-order valence-corrected chi connectivity index (χ2v) is 6.08. The molecule has 25 heavy (non-hydrogen) atoms. The molecule has 0 atom stereocenters. The molecule has 0 aliphatic carbocycles. The Kier molecular flexibility index (Phi) is 6.35.